The number of aryl methyl sites for hydroxylation is 1. The predicted molar refractivity (Wildman–Crippen MR) is 115 cm³/mol. The third-order valence-electron chi connectivity index (χ3n) is 4.82. The minimum absolute atomic E-state index is 0.00841. The van der Waals surface area contributed by atoms with E-state index in [2.05, 4.69) is 0 Å². The van der Waals surface area contributed by atoms with E-state index in [1.54, 1.807) is 54.6 Å². The second-order valence-corrected chi connectivity index (χ2v) is 7.26. The van der Waals surface area contributed by atoms with Crippen LogP contribution in [0.4, 0.5) is 11.4 Å². The summed E-state index contributed by atoms with van der Waals surface area (Å²) in [6, 6.07) is 18.2. The van der Waals surface area contributed by atoms with Crippen molar-refractivity contribution < 1.29 is 14.5 Å². The van der Waals surface area contributed by atoms with Crippen molar-refractivity contribution in [2.45, 2.75) is 6.92 Å². The average molecular weight is 419 g/mol. The van der Waals surface area contributed by atoms with Crippen LogP contribution in [0.25, 0.3) is 11.6 Å². The lowest BCUT2D eigenvalue weighted by molar-refractivity contribution is -0.384. The van der Waals surface area contributed by atoms with E-state index >= 15 is 0 Å². The Labute approximate surface area is 177 Å². The Kier molecular flexibility index (Phi) is 4.93. The Morgan fingerprint density at radius 3 is 2.37 bits per heavy atom. The van der Waals surface area contributed by atoms with Gasteiger partial charge in [0.2, 0.25) is 0 Å². The molecule has 0 unspecified atom stereocenters. The molecule has 148 valence electrons. The average Bonchev–Trinajstić information content (AvgIpc) is 2.72. The highest BCUT2D eigenvalue weighted by molar-refractivity contribution is 6.43. The third-order valence-corrected chi connectivity index (χ3v) is 5.14. The quantitative estimate of drug-likeness (QED) is 0.250. The lowest BCUT2D eigenvalue weighted by Crippen LogP contribution is -2.41. The number of benzene rings is 3. The molecule has 0 fully saturated rings. The van der Waals surface area contributed by atoms with E-state index in [0.29, 0.717) is 22.4 Å². The molecule has 1 aliphatic heterocycles. The highest BCUT2D eigenvalue weighted by Gasteiger charge is 2.35. The van der Waals surface area contributed by atoms with Crippen LogP contribution in [0.2, 0.25) is 5.02 Å². The molecule has 2 amide bonds. The predicted octanol–water partition coefficient (Wildman–Crippen LogP) is 5.28. The number of hydrogen-bond acceptors (Lipinski definition) is 4. The largest absolute Gasteiger partial charge is 0.288 e. The van der Waals surface area contributed by atoms with Crippen molar-refractivity contribution in [3.63, 3.8) is 0 Å². The van der Waals surface area contributed by atoms with Crippen molar-refractivity contribution in [3.8, 4) is 0 Å². The first-order valence-electron chi connectivity index (χ1n) is 9.07. The summed E-state index contributed by atoms with van der Waals surface area (Å²) < 4.78 is 0. The van der Waals surface area contributed by atoms with E-state index in [1.165, 1.54) is 12.1 Å². The van der Waals surface area contributed by atoms with Gasteiger partial charge < -0.3 is 0 Å². The van der Waals surface area contributed by atoms with Gasteiger partial charge in [0, 0.05) is 17.2 Å². The van der Waals surface area contributed by atoms with Crippen LogP contribution in [0, 0.1) is 17.0 Å². The molecular formula is C23H15ClN2O4. The molecule has 6 nitrogen and oxygen atoms in total. The molecule has 0 N–H and O–H groups in total. The van der Waals surface area contributed by atoms with E-state index in [1.807, 2.05) is 13.0 Å². The van der Waals surface area contributed by atoms with Crippen molar-refractivity contribution in [1.82, 2.24) is 0 Å². The van der Waals surface area contributed by atoms with Crippen LogP contribution in [0.15, 0.2) is 66.7 Å². The van der Waals surface area contributed by atoms with E-state index in [9.17, 15) is 19.7 Å². The number of anilines is 1. The van der Waals surface area contributed by atoms with Gasteiger partial charge in [0.05, 0.1) is 10.6 Å². The summed E-state index contributed by atoms with van der Waals surface area (Å²) >= 11 is 5.90. The normalized spacial score (nSPS) is 14.7. The minimum atomic E-state index is -0.580. The van der Waals surface area contributed by atoms with E-state index in [-0.39, 0.29) is 16.3 Å². The number of rotatable bonds is 3. The summed E-state index contributed by atoms with van der Waals surface area (Å²) in [6.07, 6.45) is 1.54. The Morgan fingerprint density at radius 1 is 0.933 bits per heavy atom. The third kappa shape index (κ3) is 3.38. The van der Waals surface area contributed by atoms with Gasteiger partial charge in [-0.25, -0.2) is 4.90 Å². The summed E-state index contributed by atoms with van der Waals surface area (Å²) in [5.74, 6) is -0.915. The smallest absolute Gasteiger partial charge is 0.268 e. The summed E-state index contributed by atoms with van der Waals surface area (Å²) in [7, 11) is 0. The number of amides is 2. The van der Waals surface area contributed by atoms with Crippen LogP contribution in [-0.2, 0) is 4.79 Å². The molecule has 4 rings (SSSR count). The van der Waals surface area contributed by atoms with Gasteiger partial charge in [-0.05, 0) is 54.0 Å². The van der Waals surface area contributed by atoms with Gasteiger partial charge in [0.1, 0.15) is 5.02 Å². The summed E-state index contributed by atoms with van der Waals surface area (Å²) in [4.78, 5) is 38.2. The molecule has 7 heteroatoms. The van der Waals surface area contributed by atoms with Gasteiger partial charge in [-0.3, -0.25) is 19.7 Å². The molecule has 0 aromatic heterocycles. The molecule has 0 aliphatic carbocycles. The first-order valence-corrected chi connectivity index (χ1v) is 9.45. The molecule has 3 aromatic carbocycles. The van der Waals surface area contributed by atoms with Crippen LogP contribution < -0.4 is 4.90 Å². The lowest BCUT2D eigenvalue weighted by Gasteiger charge is -2.29. The SMILES string of the molecule is Cc1cccc(N2C(=O)/C(=C\c3ccc(Cl)c([N+](=O)[O-])c3)c3ccccc3C2=O)c1. The van der Waals surface area contributed by atoms with Crippen LogP contribution in [-0.4, -0.2) is 16.7 Å². The summed E-state index contributed by atoms with van der Waals surface area (Å²) in [5, 5.41) is 11.2. The standard InChI is InChI=1S/C23H15ClN2O4/c1-14-5-4-6-16(11-14)25-22(27)18-8-3-2-7-17(18)19(23(25)28)12-15-9-10-20(24)21(13-15)26(29)30/h2-13H,1H3/b19-12-. The fourth-order valence-electron chi connectivity index (χ4n) is 3.42. The number of carbonyl (C=O) groups excluding carboxylic acids is 2. The Hall–Kier alpha value is -3.77. The fourth-order valence-corrected chi connectivity index (χ4v) is 3.61. The topological polar surface area (TPSA) is 80.5 Å². The molecule has 0 spiro atoms. The number of nitro benzene ring substituents is 1. The molecule has 0 saturated heterocycles. The molecule has 1 heterocycles. The zero-order valence-corrected chi connectivity index (χ0v) is 16.6. The maximum Gasteiger partial charge on any atom is 0.288 e. The second-order valence-electron chi connectivity index (χ2n) is 6.86. The summed E-state index contributed by atoms with van der Waals surface area (Å²) in [5.41, 5.74) is 2.68. The van der Waals surface area contributed by atoms with Crippen molar-refractivity contribution in [3.05, 3.63) is 104 Å². The Balaban J connectivity index is 1.90. The van der Waals surface area contributed by atoms with E-state index < -0.39 is 16.7 Å². The van der Waals surface area contributed by atoms with Crippen molar-refractivity contribution in [2.75, 3.05) is 4.90 Å². The van der Waals surface area contributed by atoms with Crippen LogP contribution >= 0.6 is 11.6 Å². The number of imide groups is 1. The number of halogens is 1. The minimum Gasteiger partial charge on any atom is -0.268 e. The first kappa shape index (κ1) is 19.5. The van der Waals surface area contributed by atoms with Gasteiger partial charge in [0.25, 0.3) is 17.5 Å². The molecule has 0 atom stereocenters. The number of nitro groups is 1. The fraction of sp³-hybridized carbons (Fsp3) is 0.0435. The molecule has 1 aliphatic rings. The van der Waals surface area contributed by atoms with Crippen LogP contribution in [0.1, 0.15) is 27.0 Å². The monoisotopic (exact) mass is 418 g/mol. The van der Waals surface area contributed by atoms with Gasteiger partial charge in [-0.2, -0.15) is 0 Å². The molecule has 0 radical (unpaired) electrons. The number of carbonyl (C=O) groups is 2. The van der Waals surface area contributed by atoms with E-state index in [4.69, 9.17) is 11.6 Å². The lowest BCUT2D eigenvalue weighted by atomic mass is 9.91. The zero-order chi connectivity index (χ0) is 21.4. The molecule has 0 saturated carbocycles. The van der Waals surface area contributed by atoms with Gasteiger partial charge in [-0.1, -0.05) is 48.0 Å². The highest BCUT2D eigenvalue weighted by Crippen LogP contribution is 2.34. The maximum atomic E-state index is 13.4. The maximum absolute atomic E-state index is 13.4. The zero-order valence-electron chi connectivity index (χ0n) is 15.8. The molecular weight excluding hydrogens is 404 g/mol. The molecule has 0 bridgehead atoms. The number of fused-ring (bicyclic) bond motifs is 1. The summed E-state index contributed by atoms with van der Waals surface area (Å²) in [6.45, 7) is 1.87. The van der Waals surface area contributed by atoms with Crippen LogP contribution in [0.3, 0.4) is 0 Å². The Bertz CT molecular complexity index is 1250. The van der Waals surface area contributed by atoms with Crippen molar-refractivity contribution >= 4 is 46.4 Å². The Morgan fingerprint density at radius 2 is 1.67 bits per heavy atom. The van der Waals surface area contributed by atoms with Gasteiger partial charge >= 0.3 is 0 Å². The first-order chi connectivity index (χ1) is 14.4. The van der Waals surface area contributed by atoms with Crippen molar-refractivity contribution in [1.29, 1.82) is 0 Å². The molecule has 30 heavy (non-hydrogen) atoms. The van der Waals surface area contributed by atoms with Crippen LogP contribution in [0.5, 0.6) is 0 Å². The van der Waals surface area contributed by atoms with E-state index in [0.717, 1.165) is 10.5 Å². The molecule has 3 aromatic rings. The second kappa shape index (κ2) is 7.57. The number of hydrogen-bond donors (Lipinski definition) is 0. The number of nitrogens with zero attached hydrogens (tertiary/aromatic N) is 2. The van der Waals surface area contributed by atoms with Gasteiger partial charge in [0.15, 0.2) is 0 Å². The highest BCUT2D eigenvalue weighted by atomic mass is 35.5. The van der Waals surface area contributed by atoms with Gasteiger partial charge in [-0.15, -0.1) is 0 Å². The van der Waals surface area contributed by atoms with Crippen molar-refractivity contribution in [2.24, 2.45) is 0 Å².